The highest BCUT2D eigenvalue weighted by molar-refractivity contribution is 7.15. The lowest BCUT2D eigenvalue weighted by molar-refractivity contribution is -0.145. The first-order valence-electron chi connectivity index (χ1n) is 12.6. The van der Waals surface area contributed by atoms with Crippen LogP contribution in [0.1, 0.15) is 49.8 Å². The standard InChI is InChI=1S/C26H30N6O2S/c27-7-9-32-14-16-10-18(11-17(16)15-32)31-22-19-4-8-28-23(19)29-12-20(22)24-30-13-21(35-24)26(25(33)34)5-2-1-3-6-26/h4,8,12-13,16-18H,1-3,5-6,9-11,14-15H2,(H,33,34)(H2,28,29,31)/t16-,17+,18?. The van der Waals surface area contributed by atoms with Gasteiger partial charge in [0.15, 0.2) is 0 Å². The van der Waals surface area contributed by atoms with Crippen LogP contribution < -0.4 is 5.32 Å². The van der Waals surface area contributed by atoms with E-state index < -0.39 is 11.4 Å². The number of aliphatic carboxylic acids is 1. The number of thiazole rings is 1. The lowest BCUT2D eigenvalue weighted by atomic mass is 9.73. The summed E-state index contributed by atoms with van der Waals surface area (Å²) in [7, 11) is 0. The van der Waals surface area contributed by atoms with Gasteiger partial charge >= 0.3 is 5.97 Å². The highest BCUT2D eigenvalue weighted by Crippen LogP contribution is 2.46. The summed E-state index contributed by atoms with van der Waals surface area (Å²) in [5.41, 5.74) is 1.99. The Hall–Kier alpha value is -2.96. The molecule has 2 aliphatic carbocycles. The number of aromatic amines is 1. The van der Waals surface area contributed by atoms with Gasteiger partial charge in [0.1, 0.15) is 16.1 Å². The van der Waals surface area contributed by atoms with Crippen molar-refractivity contribution >= 4 is 34.0 Å². The molecule has 0 spiro atoms. The molecule has 0 radical (unpaired) electrons. The maximum Gasteiger partial charge on any atom is 0.315 e. The number of likely N-dealkylation sites (tertiary alicyclic amines) is 1. The monoisotopic (exact) mass is 490 g/mol. The van der Waals surface area contributed by atoms with Crippen LogP contribution in [0.4, 0.5) is 5.69 Å². The van der Waals surface area contributed by atoms with Crippen molar-refractivity contribution in [2.45, 2.75) is 56.4 Å². The molecule has 3 fully saturated rings. The Kier molecular flexibility index (Phi) is 5.73. The number of carboxylic acid groups (broad SMARTS) is 1. The molecule has 3 aromatic heterocycles. The fraction of sp³-hybridized carbons (Fsp3) is 0.538. The van der Waals surface area contributed by atoms with Gasteiger partial charge in [-0.1, -0.05) is 19.3 Å². The molecule has 3 atom stereocenters. The Balaban J connectivity index is 1.30. The predicted molar refractivity (Wildman–Crippen MR) is 135 cm³/mol. The fourth-order valence-corrected chi connectivity index (χ4v) is 7.79. The first kappa shape index (κ1) is 22.5. The average Bonchev–Trinajstić information content (AvgIpc) is 3.64. The van der Waals surface area contributed by atoms with Crippen molar-refractivity contribution < 1.29 is 9.90 Å². The summed E-state index contributed by atoms with van der Waals surface area (Å²) in [4.78, 5) is 28.1. The molecule has 1 saturated heterocycles. The minimum atomic E-state index is -0.814. The Morgan fingerprint density at radius 1 is 1.23 bits per heavy atom. The van der Waals surface area contributed by atoms with Gasteiger partial charge in [-0.2, -0.15) is 5.26 Å². The molecule has 8 nitrogen and oxygen atoms in total. The third-order valence-corrected chi connectivity index (χ3v) is 9.61. The zero-order chi connectivity index (χ0) is 24.0. The molecule has 1 aliphatic heterocycles. The van der Waals surface area contributed by atoms with E-state index in [0.29, 0.717) is 37.3 Å². The summed E-state index contributed by atoms with van der Waals surface area (Å²) >= 11 is 1.51. The van der Waals surface area contributed by atoms with E-state index in [1.807, 2.05) is 18.5 Å². The van der Waals surface area contributed by atoms with E-state index in [-0.39, 0.29) is 0 Å². The maximum atomic E-state index is 12.3. The van der Waals surface area contributed by atoms with E-state index in [4.69, 9.17) is 10.2 Å². The second kappa shape index (κ2) is 8.92. The van der Waals surface area contributed by atoms with E-state index in [1.165, 1.54) is 11.3 Å². The third kappa shape index (κ3) is 3.89. The van der Waals surface area contributed by atoms with E-state index >= 15 is 0 Å². The van der Waals surface area contributed by atoms with Gasteiger partial charge in [0.05, 0.1) is 23.9 Å². The lowest BCUT2D eigenvalue weighted by Gasteiger charge is -2.31. The van der Waals surface area contributed by atoms with Crippen LogP contribution in [0.25, 0.3) is 21.6 Å². The number of H-pyrrole nitrogens is 1. The van der Waals surface area contributed by atoms with E-state index in [1.54, 1.807) is 6.20 Å². The molecule has 4 heterocycles. The van der Waals surface area contributed by atoms with Gasteiger partial charge in [-0.05, 0) is 43.6 Å². The normalized spacial score (nSPS) is 26.0. The van der Waals surface area contributed by atoms with Gasteiger partial charge in [-0.25, -0.2) is 9.97 Å². The number of pyridine rings is 1. The van der Waals surface area contributed by atoms with E-state index in [2.05, 4.69) is 26.3 Å². The van der Waals surface area contributed by atoms with Crippen LogP contribution in [0.2, 0.25) is 0 Å². The smallest absolute Gasteiger partial charge is 0.315 e. The first-order chi connectivity index (χ1) is 17.1. The molecule has 6 rings (SSSR count). The number of nitrogens with one attached hydrogen (secondary N) is 2. The minimum absolute atomic E-state index is 0.358. The van der Waals surface area contributed by atoms with Crippen molar-refractivity contribution in [2.24, 2.45) is 11.8 Å². The molecule has 3 N–H and O–H groups in total. The summed E-state index contributed by atoms with van der Waals surface area (Å²) in [5.74, 6) is 0.523. The van der Waals surface area contributed by atoms with Crippen molar-refractivity contribution in [3.05, 3.63) is 29.5 Å². The van der Waals surface area contributed by atoms with Crippen molar-refractivity contribution in [2.75, 3.05) is 25.0 Å². The van der Waals surface area contributed by atoms with Crippen LogP contribution in [0.15, 0.2) is 24.7 Å². The van der Waals surface area contributed by atoms with Crippen molar-refractivity contribution in [1.29, 1.82) is 5.26 Å². The number of nitriles is 1. The number of fused-ring (bicyclic) bond motifs is 2. The quantitative estimate of drug-likeness (QED) is 0.432. The van der Waals surface area contributed by atoms with Crippen LogP contribution >= 0.6 is 11.3 Å². The van der Waals surface area contributed by atoms with Crippen molar-refractivity contribution in [1.82, 2.24) is 19.9 Å². The number of carbonyl (C=O) groups is 1. The molecular formula is C26H30N6O2S. The fourth-order valence-electron chi connectivity index (χ4n) is 6.61. The third-order valence-electron chi connectivity index (χ3n) is 8.38. The lowest BCUT2D eigenvalue weighted by Crippen LogP contribution is -2.37. The first-order valence-corrected chi connectivity index (χ1v) is 13.4. The Labute approximate surface area is 208 Å². The molecule has 2 saturated carbocycles. The Bertz CT molecular complexity index is 1270. The molecule has 9 heteroatoms. The minimum Gasteiger partial charge on any atom is -0.481 e. The second-order valence-electron chi connectivity index (χ2n) is 10.4. The molecule has 182 valence electrons. The summed E-state index contributed by atoms with van der Waals surface area (Å²) < 4.78 is 0. The SMILES string of the molecule is N#CCN1C[C@H]2CC(Nc3c(-c4ncc(C5(C(=O)O)CCCCC5)s4)cnc4[nH]ccc34)C[C@H]2C1. The zero-order valence-corrected chi connectivity index (χ0v) is 20.5. The van der Waals surface area contributed by atoms with Crippen molar-refractivity contribution in [3.8, 4) is 16.6 Å². The van der Waals surface area contributed by atoms with Crippen LogP contribution in [0.3, 0.4) is 0 Å². The summed E-state index contributed by atoms with van der Waals surface area (Å²) in [5, 5.41) is 24.9. The van der Waals surface area contributed by atoms with Crippen LogP contribution in [-0.2, 0) is 10.2 Å². The topological polar surface area (TPSA) is 118 Å². The predicted octanol–water partition coefficient (Wildman–Crippen LogP) is 4.62. The molecule has 3 aliphatic rings. The second-order valence-corrected chi connectivity index (χ2v) is 11.5. The number of aromatic nitrogens is 3. The molecule has 0 aromatic carbocycles. The van der Waals surface area contributed by atoms with Crippen LogP contribution in [0, 0.1) is 23.2 Å². The molecule has 3 aromatic rings. The number of hydrogen-bond acceptors (Lipinski definition) is 7. The van der Waals surface area contributed by atoms with Gasteiger partial charge in [0.2, 0.25) is 0 Å². The van der Waals surface area contributed by atoms with Gasteiger partial charge in [-0.15, -0.1) is 11.3 Å². The maximum absolute atomic E-state index is 12.3. The molecule has 35 heavy (non-hydrogen) atoms. The number of carboxylic acids is 1. The van der Waals surface area contributed by atoms with Crippen LogP contribution in [-0.4, -0.2) is 56.6 Å². The highest BCUT2D eigenvalue weighted by Gasteiger charge is 2.43. The number of rotatable bonds is 6. The van der Waals surface area contributed by atoms with Gasteiger partial charge in [0.25, 0.3) is 0 Å². The molecule has 1 unspecified atom stereocenters. The summed E-state index contributed by atoms with van der Waals surface area (Å²) in [6, 6.07) is 4.69. The molecule has 0 bridgehead atoms. The van der Waals surface area contributed by atoms with Gasteiger partial charge < -0.3 is 15.4 Å². The number of anilines is 1. The van der Waals surface area contributed by atoms with Crippen molar-refractivity contribution in [3.63, 3.8) is 0 Å². The summed E-state index contributed by atoms with van der Waals surface area (Å²) in [6.07, 6.45) is 12.1. The number of nitrogens with zero attached hydrogens (tertiary/aromatic N) is 4. The van der Waals surface area contributed by atoms with E-state index in [0.717, 1.165) is 77.4 Å². The highest BCUT2D eigenvalue weighted by atomic mass is 32.1. The van der Waals surface area contributed by atoms with Gasteiger partial charge in [0, 0.05) is 48.0 Å². The number of hydrogen-bond donors (Lipinski definition) is 3. The summed E-state index contributed by atoms with van der Waals surface area (Å²) in [6.45, 7) is 2.53. The van der Waals surface area contributed by atoms with Gasteiger partial charge in [-0.3, -0.25) is 9.69 Å². The zero-order valence-electron chi connectivity index (χ0n) is 19.7. The average molecular weight is 491 g/mol. The largest absolute Gasteiger partial charge is 0.481 e. The Morgan fingerprint density at radius 2 is 2.00 bits per heavy atom. The van der Waals surface area contributed by atoms with E-state index in [9.17, 15) is 9.90 Å². The molecule has 0 amide bonds. The van der Waals surface area contributed by atoms with Crippen LogP contribution in [0.5, 0.6) is 0 Å². The Morgan fingerprint density at radius 3 is 2.71 bits per heavy atom. The molecular weight excluding hydrogens is 460 g/mol.